The lowest BCUT2D eigenvalue weighted by Gasteiger charge is -2.09. The summed E-state index contributed by atoms with van der Waals surface area (Å²) in [4.78, 5) is 14.3. The minimum absolute atomic E-state index is 0.189. The molecule has 0 aliphatic rings. The molecule has 1 aromatic rings. The number of nitrogens with one attached hydrogen (secondary N) is 1. The molecule has 0 radical (unpaired) electrons. The Morgan fingerprint density at radius 1 is 1.62 bits per heavy atom. The van der Waals surface area contributed by atoms with Gasteiger partial charge in [0.2, 0.25) is 0 Å². The predicted octanol–water partition coefficient (Wildman–Crippen LogP) is 1.88. The van der Waals surface area contributed by atoms with E-state index in [0.717, 1.165) is 0 Å². The molecule has 0 unspecified atom stereocenters. The average molecular weight is 224 g/mol. The van der Waals surface area contributed by atoms with Crippen molar-refractivity contribution >= 4 is 6.09 Å². The van der Waals surface area contributed by atoms with Crippen LogP contribution in [0.1, 0.15) is 19.5 Å². The van der Waals surface area contributed by atoms with Gasteiger partial charge in [0.05, 0.1) is 18.8 Å². The highest BCUT2D eigenvalue weighted by Gasteiger charge is 2.01. The van der Waals surface area contributed by atoms with Crippen molar-refractivity contribution in [3.8, 4) is 5.75 Å². The molecule has 0 bridgehead atoms. The monoisotopic (exact) mass is 224 g/mol. The van der Waals surface area contributed by atoms with Crippen LogP contribution >= 0.6 is 0 Å². The van der Waals surface area contributed by atoms with Crippen LogP contribution in [-0.4, -0.2) is 22.8 Å². The third-order valence-electron chi connectivity index (χ3n) is 1.79. The Balaban J connectivity index is 2.53. The minimum Gasteiger partial charge on any atom is -0.493 e. The number of ether oxygens (including phenoxy) is 1. The number of aromatic nitrogens is 1. The van der Waals surface area contributed by atoms with Crippen LogP contribution in [0.4, 0.5) is 4.79 Å². The fourth-order valence-electron chi connectivity index (χ4n) is 1.07. The maximum absolute atomic E-state index is 10.3. The van der Waals surface area contributed by atoms with E-state index < -0.39 is 6.09 Å². The van der Waals surface area contributed by atoms with E-state index in [1.54, 1.807) is 18.3 Å². The molecular formula is C11H16N2O3. The molecule has 0 atom stereocenters. The van der Waals surface area contributed by atoms with E-state index in [2.05, 4.69) is 24.1 Å². The Kier molecular flexibility index (Phi) is 4.57. The van der Waals surface area contributed by atoms with Gasteiger partial charge in [-0.1, -0.05) is 13.8 Å². The smallest absolute Gasteiger partial charge is 0.404 e. The number of carbonyl (C=O) groups is 1. The van der Waals surface area contributed by atoms with E-state index >= 15 is 0 Å². The van der Waals surface area contributed by atoms with E-state index in [0.29, 0.717) is 24.0 Å². The number of nitrogens with zero attached hydrogens (tertiary/aromatic N) is 1. The van der Waals surface area contributed by atoms with Crippen molar-refractivity contribution in [3.63, 3.8) is 0 Å². The van der Waals surface area contributed by atoms with E-state index in [-0.39, 0.29) is 6.54 Å². The summed E-state index contributed by atoms with van der Waals surface area (Å²) in [5.41, 5.74) is 0.642. The second-order valence-corrected chi connectivity index (χ2v) is 3.85. The molecule has 5 heteroatoms. The lowest BCUT2D eigenvalue weighted by atomic mass is 10.2. The molecule has 2 N–H and O–H groups in total. The molecule has 5 nitrogen and oxygen atoms in total. The highest BCUT2D eigenvalue weighted by Crippen LogP contribution is 2.11. The van der Waals surface area contributed by atoms with Crippen molar-refractivity contribution in [3.05, 3.63) is 24.0 Å². The average Bonchev–Trinajstić information content (AvgIpc) is 2.24. The largest absolute Gasteiger partial charge is 0.493 e. The first-order valence-corrected chi connectivity index (χ1v) is 5.12. The molecule has 0 aliphatic carbocycles. The molecule has 0 fully saturated rings. The zero-order valence-corrected chi connectivity index (χ0v) is 9.43. The van der Waals surface area contributed by atoms with Crippen molar-refractivity contribution in [2.24, 2.45) is 5.92 Å². The van der Waals surface area contributed by atoms with E-state index in [1.165, 1.54) is 0 Å². The van der Waals surface area contributed by atoms with Gasteiger partial charge in [-0.2, -0.15) is 0 Å². The summed E-state index contributed by atoms with van der Waals surface area (Å²) >= 11 is 0. The summed E-state index contributed by atoms with van der Waals surface area (Å²) in [5, 5.41) is 10.7. The fourth-order valence-corrected chi connectivity index (χ4v) is 1.07. The second kappa shape index (κ2) is 5.95. The number of hydrogen-bond acceptors (Lipinski definition) is 3. The van der Waals surface area contributed by atoms with Crippen LogP contribution in [0.2, 0.25) is 0 Å². The second-order valence-electron chi connectivity index (χ2n) is 3.85. The van der Waals surface area contributed by atoms with Gasteiger partial charge in [0.1, 0.15) is 5.75 Å². The number of hydrogen-bond donors (Lipinski definition) is 2. The summed E-state index contributed by atoms with van der Waals surface area (Å²) in [7, 11) is 0. The first-order chi connectivity index (χ1) is 7.58. The van der Waals surface area contributed by atoms with Crippen LogP contribution in [0.3, 0.4) is 0 Å². The topological polar surface area (TPSA) is 71.5 Å². The molecule has 0 aliphatic heterocycles. The Labute approximate surface area is 94.5 Å². The van der Waals surface area contributed by atoms with Gasteiger partial charge in [0.25, 0.3) is 0 Å². The van der Waals surface area contributed by atoms with Crippen LogP contribution in [0.15, 0.2) is 18.3 Å². The number of amides is 1. The zero-order chi connectivity index (χ0) is 12.0. The lowest BCUT2D eigenvalue weighted by Crippen LogP contribution is -2.20. The van der Waals surface area contributed by atoms with Crippen LogP contribution in [0.5, 0.6) is 5.75 Å². The van der Waals surface area contributed by atoms with E-state index in [1.807, 2.05) is 0 Å². The van der Waals surface area contributed by atoms with Crippen molar-refractivity contribution in [2.75, 3.05) is 6.61 Å². The van der Waals surface area contributed by atoms with E-state index in [9.17, 15) is 4.79 Å². The van der Waals surface area contributed by atoms with Crippen LogP contribution in [-0.2, 0) is 6.54 Å². The minimum atomic E-state index is -1.06. The highest BCUT2D eigenvalue weighted by atomic mass is 16.5. The van der Waals surface area contributed by atoms with Gasteiger partial charge in [-0.25, -0.2) is 4.79 Å². The molecule has 88 valence electrons. The van der Waals surface area contributed by atoms with E-state index in [4.69, 9.17) is 9.84 Å². The molecule has 16 heavy (non-hydrogen) atoms. The highest BCUT2D eigenvalue weighted by molar-refractivity contribution is 5.64. The van der Waals surface area contributed by atoms with Gasteiger partial charge >= 0.3 is 6.09 Å². The number of carboxylic acid groups (broad SMARTS) is 1. The summed E-state index contributed by atoms with van der Waals surface area (Å²) in [6.45, 7) is 4.95. The van der Waals surface area contributed by atoms with Gasteiger partial charge in [-0.15, -0.1) is 0 Å². The molecule has 1 amide bonds. The summed E-state index contributed by atoms with van der Waals surface area (Å²) < 4.78 is 5.50. The van der Waals surface area contributed by atoms with Crippen molar-refractivity contribution in [1.82, 2.24) is 10.3 Å². The van der Waals surface area contributed by atoms with Gasteiger partial charge < -0.3 is 15.2 Å². The first kappa shape index (κ1) is 12.3. The molecule has 0 spiro atoms. The lowest BCUT2D eigenvalue weighted by molar-refractivity contribution is 0.193. The third kappa shape index (κ3) is 4.63. The zero-order valence-electron chi connectivity index (χ0n) is 9.43. The van der Waals surface area contributed by atoms with Crippen LogP contribution < -0.4 is 10.1 Å². The molecule has 1 heterocycles. The van der Waals surface area contributed by atoms with Gasteiger partial charge in [0.15, 0.2) is 0 Å². The molecule has 1 aromatic heterocycles. The molecule has 0 saturated carbocycles. The van der Waals surface area contributed by atoms with Crippen molar-refractivity contribution in [2.45, 2.75) is 20.4 Å². The quantitative estimate of drug-likeness (QED) is 0.801. The summed E-state index contributed by atoms with van der Waals surface area (Å²) in [5.74, 6) is 1.17. The third-order valence-corrected chi connectivity index (χ3v) is 1.79. The van der Waals surface area contributed by atoms with Gasteiger partial charge in [0, 0.05) is 12.3 Å². The summed E-state index contributed by atoms with van der Waals surface area (Å²) in [6.07, 6.45) is 0.546. The molecule has 1 rings (SSSR count). The van der Waals surface area contributed by atoms with Gasteiger partial charge in [-0.3, -0.25) is 4.98 Å². The Hall–Kier alpha value is -1.78. The Morgan fingerprint density at radius 3 is 3.00 bits per heavy atom. The number of pyridine rings is 1. The van der Waals surface area contributed by atoms with Crippen molar-refractivity contribution < 1.29 is 14.6 Å². The Morgan fingerprint density at radius 2 is 2.38 bits per heavy atom. The standard InChI is InChI=1S/C11H16N2O3/c1-8(2)7-16-10-3-4-12-9(5-10)6-13-11(14)15/h3-5,8,13H,6-7H2,1-2H3,(H,14,15). The maximum atomic E-state index is 10.3. The SMILES string of the molecule is CC(C)COc1ccnc(CNC(=O)O)c1. The summed E-state index contributed by atoms with van der Waals surface area (Å²) in [6, 6.07) is 3.49. The van der Waals surface area contributed by atoms with Crippen molar-refractivity contribution in [1.29, 1.82) is 0 Å². The van der Waals surface area contributed by atoms with Crippen LogP contribution in [0.25, 0.3) is 0 Å². The predicted molar refractivity (Wildman–Crippen MR) is 59.4 cm³/mol. The van der Waals surface area contributed by atoms with Crippen LogP contribution in [0, 0.1) is 5.92 Å². The normalized spacial score (nSPS) is 10.2. The Bertz CT molecular complexity index is 353. The molecule has 0 aromatic carbocycles. The fraction of sp³-hybridized carbons (Fsp3) is 0.455. The maximum Gasteiger partial charge on any atom is 0.404 e. The molecular weight excluding hydrogens is 208 g/mol. The number of rotatable bonds is 5. The van der Waals surface area contributed by atoms with Gasteiger partial charge in [-0.05, 0) is 12.0 Å². The molecule has 0 saturated heterocycles. The first-order valence-electron chi connectivity index (χ1n) is 5.12.